The van der Waals surface area contributed by atoms with Crippen molar-refractivity contribution in [1.29, 1.82) is 0 Å². The molecule has 274 valence electrons. The highest BCUT2D eigenvalue weighted by Gasteiger charge is 2.42. The average Bonchev–Trinajstić information content (AvgIpc) is 3.56. The molecule has 0 atom stereocenters. The van der Waals surface area contributed by atoms with Crippen LogP contribution >= 0.6 is 11.3 Å². The van der Waals surface area contributed by atoms with Crippen LogP contribution in [-0.2, 0) is 16.1 Å². The van der Waals surface area contributed by atoms with Crippen molar-refractivity contribution in [3.05, 3.63) is 87.8 Å². The zero-order valence-corrected chi connectivity index (χ0v) is 28.8. The third kappa shape index (κ3) is 9.48. The van der Waals surface area contributed by atoms with Gasteiger partial charge in [0.05, 0.1) is 24.4 Å². The second-order valence-corrected chi connectivity index (χ2v) is 13.6. The SMILES string of the molecule is Cc1nc(C(=O)N[C@H]2CC[C@H](NC(=O)c3cc(F)cnc3Oc3cccc(-c4ccc(CN5CCOCC5)cc4OC(=O)C(F)(F)F)c3)CC2)cs1. The molecule has 3 heterocycles. The molecule has 2 aliphatic rings. The minimum Gasteiger partial charge on any atom is -0.438 e. The minimum absolute atomic E-state index is 0.0804. The van der Waals surface area contributed by atoms with E-state index in [4.69, 9.17) is 14.2 Å². The molecule has 1 saturated heterocycles. The Kier molecular flexibility index (Phi) is 11.5. The maximum atomic E-state index is 14.4. The number of alkyl halides is 3. The first kappa shape index (κ1) is 36.8. The molecule has 2 amide bonds. The first-order chi connectivity index (χ1) is 24.9. The maximum absolute atomic E-state index is 14.4. The largest absolute Gasteiger partial charge is 0.491 e. The van der Waals surface area contributed by atoms with Crippen LogP contribution in [0.1, 0.15) is 57.1 Å². The van der Waals surface area contributed by atoms with Crippen LogP contribution in [0.25, 0.3) is 11.1 Å². The van der Waals surface area contributed by atoms with E-state index in [0.717, 1.165) is 17.3 Å². The molecule has 11 nitrogen and oxygen atoms in total. The van der Waals surface area contributed by atoms with Crippen LogP contribution in [0.4, 0.5) is 17.6 Å². The molecule has 2 aromatic carbocycles. The van der Waals surface area contributed by atoms with Crippen molar-refractivity contribution in [2.45, 2.75) is 57.4 Å². The van der Waals surface area contributed by atoms with Gasteiger partial charge in [-0.1, -0.05) is 24.3 Å². The summed E-state index contributed by atoms with van der Waals surface area (Å²) in [6, 6.07) is 11.5. The van der Waals surface area contributed by atoms with Gasteiger partial charge in [0.25, 0.3) is 11.8 Å². The monoisotopic (exact) mass is 741 g/mol. The molecule has 52 heavy (non-hydrogen) atoms. The molecule has 2 N–H and O–H groups in total. The molecule has 0 spiro atoms. The van der Waals surface area contributed by atoms with E-state index in [0.29, 0.717) is 75.4 Å². The average molecular weight is 742 g/mol. The molecular formula is C36H35F4N5O6S. The topological polar surface area (TPSA) is 132 Å². The van der Waals surface area contributed by atoms with Crippen LogP contribution in [0.15, 0.2) is 60.1 Å². The summed E-state index contributed by atoms with van der Waals surface area (Å²) in [6.07, 6.45) is -1.95. The Bertz CT molecular complexity index is 1930. The number of carbonyl (C=O) groups is 3. The van der Waals surface area contributed by atoms with E-state index in [1.54, 1.807) is 29.6 Å². The number of pyridine rings is 1. The summed E-state index contributed by atoms with van der Waals surface area (Å²) in [7, 11) is 0. The van der Waals surface area contributed by atoms with E-state index in [9.17, 15) is 31.9 Å². The lowest BCUT2D eigenvalue weighted by molar-refractivity contribution is -0.189. The number of esters is 1. The summed E-state index contributed by atoms with van der Waals surface area (Å²) in [5.41, 5.74) is 1.39. The standard InChI is InChI=1S/C36H35F4N5O6S/c1-21-42-30(20-52-21)33(47)44-26-8-6-25(7-9-26)43-32(46)29-17-24(37)18-41-34(29)50-27-4-2-3-23(16-27)28-10-5-22(19-45-11-13-49-14-12-45)15-31(28)51-35(48)36(38,39)40/h2-5,10,15-18,20,25-26H,6-9,11-14,19H2,1H3,(H,43,46)(H,44,47)/t25-,26-. The number of benzene rings is 2. The number of aryl methyl sites for hydroxylation is 1. The van der Waals surface area contributed by atoms with Crippen molar-refractivity contribution in [1.82, 2.24) is 25.5 Å². The Morgan fingerprint density at radius 3 is 2.37 bits per heavy atom. The molecule has 0 bridgehead atoms. The summed E-state index contributed by atoms with van der Waals surface area (Å²) < 4.78 is 70.3. The Balaban J connectivity index is 1.15. The van der Waals surface area contributed by atoms with Gasteiger partial charge in [-0.25, -0.2) is 19.2 Å². The summed E-state index contributed by atoms with van der Waals surface area (Å²) in [6.45, 7) is 4.59. The van der Waals surface area contributed by atoms with Gasteiger partial charge < -0.3 is 24.8 Å². The first-order valence-electron chi connectivity index (χ1n) is 16.6. The summed E-state index contributed by atoms with van der Waals surface area (Å²) in [4.78, 5) is 48.1. The fourth-order valence-electron chi connectivity index (χ4n) is 6.05. The third-order valence-electron chi connectivity index (χ3n) is 8.66. The highest BCUT2D eigenvalue weighted by Crippen LogP contribution is 2.36. The quantitative estimate of drug-likeness (QED) is 0.111. The molecule has 1 saturated carbocycles. The van der Waals surface area contributed by atoms with Gasteiger partial charge in [0.15, 0.2) is 0 Å². The van der Waals surface area contributed by atoms with Crippen LogP contribution in [0.3, 0.4) is 0 Å². The summed E-state index contributed by atoms with van der Waals surface area (Å²) >= 11 is 1.39. The third-order valence-corrected chi connectivity index (χ3v) is 9.43. The van der Waals surface area contributed by atoms with Crippen molar-refractivity contribution < 1.29 is 46.2 Å². The fraction of sp³-hybridized carbons (Fsp3) is 0.361. The van der Waals surface area contributed by atoms with Crippen LogP contribution in [0.5, 0.6) is 17.4 Å². The number of carbonyl (C=O) groups excluding carboxylic acids is 3. The molecular weight excluding hydrogens is 706 g/mol. The van der Waals surface area contributed by atoms with Crippen molar-refractivity contribution in [2.75, 3.05) is 26.3 Å². The van der Waals surface area contributed by atoms with Crippen molar-refractivity contribution >= 4 is 29.1 Å². The van der Waals surface area contributed by atoms with E-state index in [1.165, 1.54) is 29.5 Å². The predicted octanol–water partition coefficient (Wildman–Crippen LogP) is 6.22. The molecule has 1 aliphatic carbocycles. The lowest BCUT2D eigenvalue weighted by atomic mass is 9.91. The van der Waals surface area contributed by atoms with E-state index in [1.807, 2.05) is 6.92 Å². The highest BCUT2D eigenvalue weighted by atomic mass is 32.1. The Hall–Kier alpha value is -4.93. The van der Waals surface area contributed by atoms with Gasteiger partial charge in [-0.15, -0.1) is 11.3 Å². The van der Waals surface area contributed by atoms with Gasteiger partial charge in [0, 0.05) is 42.7 Å². The number of hydrogen-bond acceptors (Lipinski definition) is 10. The van der Waals surface area contributed by atoms with Crippen molar-refractivity contribution in [3.63, 3.8) is 0 Å². The second-order valence-electron chi connectivity index (χ2n) is 12.5. The lowest BCUT2D eigenvalue weighted by Crippen LogP contribution is -2.44. The Morgan fingerprint density at radius 1 is 0.981 bits per heavy atom. The van der Waals surface area contributed by atoms with Gasteiger partial charge in [-0.05, 0) is 68.0 Å². The number of thiazole rings is 1. The second kappa shape index (κ2) is 16.2. The van der Waals surface area contributed by atoms with E-state index in [-0.39, 0.29) is 46.5 Å². The van der Waals surface area contributed by atoms with E-state index >= 15 is 0 Å². The molecule has 16 heteroatoms. The minimum atomic E-state index is -5.22. The van der Waals surface area contributed by atoms with Crippen LogP contribution in [-0.4, -0.2) is 77.2 Å². The van der Waals surface area contributed by atoms with Gasteiger partial charge in [-0.2, -0.15) is 13.2 Å². The molecule has 4 aromatic rings. The number of hydrogen-bond donors (Lipinski definition) is 2. The Morgan fingerprint density at radius 2 is 1.69 bits per heavy atom. The fourth-order valence-corrected chi connectivity index (χ4v) is 6.64. The lowest BCUT2D eigenvalue weighted by Gasteiger charge is -2.29. The Labute approximate surface area is 300 Å². The smallest absolute Gasteiger partial charge is 0.438 e. The molecule has 2 fully saturated rings. The number of ether oxygens (including phenoxy) is 3. The highest BCUT2D eigenvalue weighted by molar-refractivity contribution is 7.09. The number of halogens is 4. The molecule has 0 radical (unpaired) electrons. The summed E-state index contributed by atoms with van der Waals surface area (Å²) in [5.74, 6) is -4.32. The van der Waals surface area contributed by atoms with Gasteiger partial charge in [0.2, 0.25) is 5.88 Å². The van der Waals surface area contributed by atoms with Crippen molar-refractivity contribution in [3.8, 4) is 28.5 Å². The number of nitrogens with one attached hydrogen (secondary N) is 2. The number of amides is 2. The van der Waals surface area contributed by atoms with Gasteiger partial charge >= 0.3 is 12.1 Å². The number of morpholine rings is 1. The molecule has 6 rings (SSSR count). The maximum Gasteiger partial charge on any atom is 0.491 e. The van der Waals surface area contributed by atoms with Crippen LogP contribution < -0.4 is 20.1 Å². The van der Waals surface area contributed by atoms with Gasteiger partial charge in [-0.3, -0.25) is 14.5 Å². The normalized spacial score (nSPS) is 18.0. The first-order valence-corrected chi connectivity index (χ1v) is 17.5. The van der Waals surface area contributed by atoms with Crippen molar-refractivity contribution in [2.24, 2.45) is 0 Å². The van der Waals surface area contributed by atoms with E-state index < -0.39 is 23.9 Å². The number of nitrogens with zero attached hydrogens (tertiary/aromatic N) is 3. The predicted molar refractivity (Wildman–Crippen MR) is 182 cm³/mol. The van der Waals surface area contributed by atoms with Crippen LogP contribution in [0.2, 0.25) is 0 Å². The van der Waals surface area contributed by atoms with E-state index in [2.05, 4.69) is 25.5 Å². The zero-order chi connectivity index (χ0) is 36.8. The number of rotatable bonds is 10. The number of aromatic nitrogens is 2. The molecule has 1 aliphatic heterocycles. The van der Waals surface area contributed by atoms with Gasteiger partial charge in [0.1, 0.15) is 28.6 Å². The summed E-state index contributed by atoms with van der Waals surface area (Å²) in [5, 5.41) is 8.39. The molecule has 2 aromatic heterocycles. The van der Waals surface area contributed by atoms with Crippen LogP contribution in [0, 0.1) is 12.7 Å². The molecule has 0 unspecified atom stereocenters. The zero-order valence-electron chi connectivity index (χ0n) is 28.0.